The molecule has 2 rings (SSSR count). The Morgan fingerprint density at radius 1 is 0.952 bits per heavy atom. The minimum atomic E-state index is -0.495. The molecule has 0 bridgehead atoms. The summed E-state index contributed by atoms with van der Waals surface area (Å²) in [6, 6.07) is 6.60. The lowest BCUT2D eigenvalue weighted by molar-refractivity contribution is 0.627. The molecule has 1 heterocycles. The predicted molar refractivity (Wildman–Crippen MR) is 89.6 cm³/mol. The number of benzene rings is 1. The van der Waals surface area contributed by atoms with Crippen LogP contribution in [-0.4, -0.2) is 19.9 Å². The third-order valence-corrected chi connectivity index (χ3v) is 6.68. The smallest absolute Gasteiger partial charge is 0.136 e. The predicted octanol–water partition coefficient (Wildman–Crippen LogP) is 4.72. The molecule has 0 aliphatic heterocycles. The Hall–Kier alpha value is -1.21. The lowest BCUT2D eigenvalue weighted by Crippen LogP contribution is -2.35. The fourth-order valence-electron chi connectivity index (χ4n) is 2.87. The average Bonchev–Trinajstić information content (AvgIpc) is 2.74. The van der Waals surface area contributed by atoms with Crippen LogP contribution in [0.2, 0.25) is 0 Å². The summed E-state index contributed by atoms with van der Waals surface area (Å²) < 4.78 is 15.2. The van der Waals surface area contributed by atoms with E-state index in [1.807, 2.05) is 12.4 Å². The second kappa shape index (κ2) is 5.53. The zero-order valence-electron chi connectivity index (χ0n) is 13.7. The van der Waals surface area contributed by atoms with Crippen LogP contribution in [0.25, 0.3) is 5.69 Å². The van der Waals surface area contributed by atoms with Crippen LogP contribution >= 0.6 is 7.92 Å². The van der Waals surface area contributed by atoms with Crippen LogP contribution in [-0.2, 0) is 0 Å². The Kier molecular flexibility index (Phi) is 4.26. The first-order chi connectivity index (χ1) is 9.60. The number of hydrogen-bond acceptors (Lipinski definition) is 1. The van der Waals surface area contributed by atoms with Gasteiger partial charge in [0.1, 0.15) is 11.4 Å². The van der Waals surface area contributed by atoms with E-state index in [1.54, 1.807) is 12.1 Å². The number of halogens is 1. The van der Waals surface area contributed by atoms with E-state index in [2.05, 4.69) is 51.1 Å². The highest BCUT2D eigenvalue weighted by Crippen LogP contribution is 2.57. The molecule has 0 N–H and O–H groups in total. The van der Waals surface area contributed by atoms with Gasteiger partial charge in [-0.15, -0.1) is 0 Å². The van der Waals surface area contributed by atoms with Crippen molar-refractivity contribution in [1.82, 2.24) is 9.55 Å². The van der Waals surface area contributed by atoms with Gasteiger partial charge >= 0.3 is 0 Å². The summed E-state index contributed by atoms with van der Waals surface area (Å²) in [5, 5.41) is 0.299. The van der Waals surface area contributed by atoms with E-state index in [0.29, 0.717) is 0 Å². The summed E-state index contributed by atoms with van der Waals surface area (Å²) in [6.07, 6.45) is 3.81. The standard InChI is InChI=1S/C17H24FN2P/c1-16(2,3)21(17(4,5)6)15-19-11-12-20(15)14-9-7-13(18)8-10-14/h7-12H,1-6H3. The van der Waals surface area contributed by atoms with Crippen molar-refractivity contribution in [2.75, 3.05) is 0 Å². The molecule has 114 valence electrons. The molecule has 2 nitrogen and oxygen atoms in total. The molecule has 4 heteroatoms. The van der Waals surface area contributed by atoms with Gasteiger partial charge in [-0.05, 0) is 42.5 Å². The van der Waals surface area contributed by atoms with Gasteiger partial charge in [-0.1, -0.05) is 41.5 Å². The molecule has 0 saturated carbocycles. The van der Waals surface area contributed by atoms with Crippen LogP contribution in [0.4, 0.5) is 4.39 Å². The first kappa shape index (κ1) is 16.2. The van der Waals surface area contributed by atoms with Crippen LogP contribution in [0.1, 0.15) is 41.5 Å². The number of imidazole rings is 1. The zero-order chi connectivity index (χ0) is 15.8. The zero-order valence-corrected chi connectivity index (χ0v) is 14.6. The minimum Gasteiger partial charge on any atom is -0.300 e. The van der Waals surface area contributed by atoms with Crippen molar-refractivity contribution in [1.29, 1.82) is 0 Å². The Balaban J connectivity index is 2.54. The SMILES string of the molecule is CC(C)(C)P(c1nccn1-c1ccc(F)cc1)C(C)(C)C. The summed E-state index contributed by atoms with van der Waals surface area (Å²) in [6.45, 7) is 13.6. The summed E-state index contributed by atoms with van der Waals surface area (Å²) >= 11 is 0. The molecule has 0 aliphatic carbocycles. The molecule has 0 atom stereocenters. The third-order valence-electron chi connectivity index (χ3n) is 3.27. The summed E-state index contributed by atoms with van der Waals surface area (Å²) in [5.41, 5.74) is 2.06. The van der Waals surface area contributed by atoms with Gasteiger partial charge in [0.2, 0.25) is 0 Å². The molecule has 0 amide bonds. The van der Waals surface area contributed by atoms with Gasteiger partial charge < -0.3 is 4.57 Å². The summed E-state index contributed by atoms with van der Waals surface area (Å²) in [4.78, 5) is 4.65. The molecule has 0 unspecified atom stereocenters. The maximum atomic E-state index is 13.1. The van der Waals surface area contributed by atoms with E-state index >= 15 is 0 Å². The van der Waals surface area contributed by atoms with E-state index in [9.17, 15) is 4.39 Å². The van der Waals surface area contributed by atoms with Crippen LogP contribution in [0.3, 0.4) is 0 Å². The molecule has 1 aromatic heterocycles. The van der Waals surface area contributed by atoms with Gasteiger partial charge in [-0.25, -0.2) is 9.37 Å². The van der Waals surface area contributed by atoms with Gasteiger partial charge in [-0.2, -0.15) is 0 Å². The molecule has 21 heavy (non-hydrogen) atoms. The Morgan fingerprint density at radius 3 is 1.95 bits per heavy atom. The Bertz CT molecular complexity index is 589. The van der Waals surface area contributed by atoms with Crippen molar-refractivity contribution >= 4 is 13.5 Å². The van der Waals surface area contributed by atoms with Crippen LogP contribution in [0, 0.1) is 5.82 Å². The van der Waals surface area contributed by atoms with Gasteiger partial charge in [0.25, 0.3) is 0 Å². The van der Waals surface area contributed by atoms with Crippen LogP contribution < -0.4 is 5.57 Å². The number of nitrogens with zero attached hydrogens (tertiary/aromatic N) is 2. The highest BCUT2D eigenvalue weighted by Gasteiger charge is 2.38. The quantitative estimate of drug-likeness (QED) is 0.734. The van der Waals surface area contributed by atoms with Gasteiger partial charge in [-0.3, -0.25) is 0 Å². The van der Waals surface area contributed by atoms with Crippen molar-refractivity contribution in [3.63, 3.8) is 0 Å². The molecule has 0 spiro atoms. The molecule has 0 fully saturated rings. The summed E-state index contributed by atoms with van der Waals surface area (Å²) in [7, 11) is -0.495. The topological polar surface area (TPSA) is 17.8 Å². The average molecular weight is 306 g/mol. The Morgan fingerprint density at radius 2 is 1.48 bits per heavy atom. The molecular formula is C17H24FN2P. The van der Waals surface area contributed by atoms with Crippen molar-refractivity contribution in [2.24, 2.45) is 0 Å². The van der Waals surface area contributed by atoms with E-state index in [1.165, 1.54) is 12.1 Å². The highest BCUT2D eigenvalue weighted by atomic mass is 31.1. The van der Waals surface area contributed by atoms with Crippen LogP contribution in [0.5, 0.6) is 0 Å². The van der Waals surface area contributed by atoms with E-state index < -0.39 is 7.92 Å². The highest BCUT2D eigenvalue weighted by molar-refractivity contribution is 7.68. The molecule has 0 saturated heterocycles. The number of rotatable bonds is 2. The van der Waals surface area contributed by atoms with Crippen molar-refractivity contribution in [2.45, 2.75) is 51.9 Å². The number of hydrogen-bond donors (Lipinski definition) is 0. The molecule has 0 aliphatic rings. The van der Waals surface area contributed by atoms with Crippen molar-refractivity contribution in [3.8, 4) is 5.69 Å². The number of aromatic nitrogens is 2. The first-order valence-corrected chi connectivity index (χ1v) is 8.54. The monoisotopic (exact) mass is 306 g/mol. The second-order valence-corrected chi connectivity index (χ2v) is 11.0. The Labute approximate surface area is 128 Å². The minimum absolute atomic E-state index is 0.150. The van der Waals surface area contributed by atoms with Crippen LogP contribution in [0.15, 0.2) is 36.7 Å². The summed E-state index contributed by atoms with van der Waals surface area (Å²) in [5.74, 6) is -0.214. The van der Waals surface area contributed by atoms with E-state index in [4.69, 9.17) is 0 Å². The van der Waals surface area contributed by atoms with Gasteiger partial charge in [0.15, 0.2) is 0 Å². The third kappa shape index (κ3) is 3.52. The maximum absolute atomic E-state index is 13.1. The lowest BCUT2D eigenvalue weighted by atomic mass is 10.2. The van der Waals surface area contributed by atoms with Gasteiger partial charge in [0.05, 0.1) is 0 Å². The molecule has 0 radical (unpaired) electrons. The van der Waals surface area contributed by atoms with Crippen molar-refractivity contribution < 1.29 is 4.39 Å². The lowest BCUT2D eigenvalue weighted by Gasteiger charge is -2.40. The fraction of sp³-hybridized carbons (Fsp3) is 0.471. The molecule has 1 aromatic carbocycles. The molecular weight excluding hydrogens is 282 g/mol. The van der Waals surface area contributed by atoms with Crippen molar-refractivity contribution in [3.05, 3.63) is 42.5 Å². The fourth-order valence-corrected chi connectivity index (χ4v) is 6.66. The first-order valence-electron chi connectivity index (χ1n) is 7.20. The molecule has 2 aromatic rings. The largest absolute Gasteiger partial charge is 0.300 e. The van der Waals surface area contributed by atoms with Gasteiger partial charge in [0, 0.05) is 18.1 Å². The maximum Gasteiger partial charge on any atom is 0.136 e. The second-order valence-electron chi connectivity index (χ2n) is 7.25. The normalized spacial score (nSPS) is 13.0. The van der Waals surface area contributed by atoms with E-state index in [0.717, 1.165) is 11.3 Å². The van der Waals surface area contributed by atoms with E-state index in [-0.39, 0.29) is 16.1 Å².